The normalized spacial score (nSPS) is 12.7. The molecule has 2 aromatic rings. The molecule has 23 heavy (non-hydrogen) atoms. The highest BCUT2D eigenvalue weighted by atomic mass is 35.5. The zero-order valence-electron chi connectivity index (χ0n) is 12.0. The van der Waals surface area contributed by atoms with Gasteiger partial charge in [0.15, 0.2) is 0 Å². The summed E-state index contributed by atoms with van der Waals surface area (Å²) in [6, 6.07) is 7.31. The fourth-order valence-electron chi connectivity index (χ4n) is 1.97. The Balaban J connectivity index is 2.11. The molecule has 1 aromatic carbocycles. The molecule has 0 spiro atoms. The van der Waals surface area contributed by atoms with Crippen molar-refractivity contribution in [1.29, 1.82) is 0 Å². The first-order valence-electron chi connectivity index (χ1n) is 6.62. The molecule has 0 aliphatic heterocycles. The Hall–Kier alpha value is -2.12. The van der Waals surface area contributed by atoms with Gasteiger partial charge >= 0.3 is 6.18 Å². The highest BCUT2D eigenvalue weighted by Gasteiger charge is 2.35. The van der Waals surface area contributed by atoms with Crippen LogP contribution in [0.25, 0.3) is 0 Å². The lowest BCUT2D eigenvalue weighted by molar-refractivity contribution is -0.138. The van der Waals surface area contributed by atoms with E-state index in [1.165, 1.54) is 0 Å². The number of rotatable bonds is 4. The second-order valence-corrected chi connectivity index (χ2v) is 5.17. The summed E-state index contributed by atoms with van der Waals surface area (Å²) >= 11 is 6.03. The van der Waals surface area contributed by atoms with Crippen LogP contribution >= 0.6 is 11.6 Å². The predicted molar refractivity (Wildman–Crippen MR) is 79.7 cm³/mol. The molecule has 2 rings (SSSR count). The lowest BCUT2D eigenvalue weighted by Gasteiger charge is -2.17. The molecule has 1 atom stereocenters. The first-order valence-corrected chi connectivity index (χ1v) is 7.00. The van der Waals surface area contributed by atoms with Crippen molar-refractivity contribution in [1.82, 2.24) is 15.8 Å². The van der Waals surface area contributed by atoms with Gasteiger partial charge in [-0.05, 0) is 24.6 Å². The second kappa shape index (κ2) is 6.97. The number of hydrogen-bond acceptors (Lipinski definition) is 3. The topological polar surface area (TPSA) is 54.0 Å². The van der Waals surface area contributed by atoms with Crippen molar-refractivity contribution in [2.24, 2.45) is 0 Å². The van der Waals surface area contributed by atoms with Crippen molar-refractivity contribution < 1.29 is 18.0 Å². The largest absolute Gasteiger partial charge is 0.417 e. The van der Waals surface area contributed by atoms with Crippen molar-refractivity contribution >= 4 is 17.5 Å². The Kier molecular flexibility index (Phi) is 5.23. The first kappa shape index (κ1) is 17.2. The van der Waals surface area contributed by atoms with Gasteiger partial charge in [-0.25, -0.2) is 5.43 Å². The standard InChI is InChI=1S/C15H13ClF3N3O/c1-9(10-4-2-3-5-13(10)16)21-22-14(23)11-8-20-7-6-12(11)15(17,18)19/h2-9,21H,1H3,(H,22,23). The number of pyridine rings is 1. The van der Waals surface area contributed by atoms with Crippen molar-refractivity contribution in [3.63, 3.8) is 0 Å². The summed E-state index contributed by atoms with van der Waals surface area (Å²) in [5, 5.41) is 0.485. The molecule has 122 valence electrons. The predicted octanol–water partition coefficient (Wildman–Crippen LogP) is 3.75. The molecule has 1 amide bonds. The number of benzene rings is 1. The summed E-state index contributed by atoms with van der Waals surface area (Å²) in [5.74, 6) is -0.927. The molecular formula is C15H13ClF3N3O. The third-order valence-electron chi connectivity index (χ3n) is 3.15. The van der Waals surface area contributed by atoms with Gasteiger partial charge in [0.2, 0.25) is 0 Å². The maximum absolute atomic E-state index is 12.9. The lowest BCUT2D eigenvalue weighted by Crippen LogP contribution is -2.40. The Labute approximate surface area is 135 Å². The minimum absolute atomic E-state index is 0.390. The molecule has 8 heteroatoms. The van der Waals surface area contributed by atoms with Gasteiger partial charge in [0.05, 0.1) is 11.1 Å². The number of hydrazine groups is 1. The molecule has 1 unspecified atom stereocenters. The second-order valence-electron chi connectivity index (χ2n) is 4.76. The molecule has 0 aliphatic rings. The van der Waals surface area contributed by atoms with E-state index in [-0.39, 0.29) is 0 Å². The van der Waals surface area contributed by atoms with E-state index in [2.05, 4.69) is 15.8 Å². The highest BCUT2D eigenvalue weighted by molar-refractivity contribution is 6.31. The average molecular weight is 344 g/mol. The van der Waals surface area contributed by atoms with Crippen molar-refractivity contribution in [3.05, 3.63) is 64.4 Å². The molecule has 0 fully saturated rings. The number of nitrogens with zero attached hydrogens (tertiary/aromatic N) is 1. The molecular weight excluding hydrogens is 331 g/mol. The molecule has 0 saturated carbocycles. The van der Waals surface area contributed by atoms with Crippen LogP contribution in [0.2, 0.25) is 5.02 Å². The number of nitrogens with one attached hydrogen (secondary N) is 2. The lowest BCUT2D eigenvalue weighted by atomic mass is 10.1. The zero-order chi connectivity index (χ0) is 17.0. The minimum atomic E-state index is -4.63. The van der Waals surface area contributed by atoms with Crippen molar-refractivity contribution in [2.45, 2.75) is 19.1 Å². The van der Waals surface area contributed by atoms with Crippen LogP contribution < -0.4 is 10.9 Å². The third-order valence-corrected chi connectivity index (χ3v) is 3.49. The van der Waals surface area contributed by atoms with Crippen LogP contribution in [0, 0.1) is 0 Å². The van der Waals surface area contributed by atoms with Gasteiger partial charge in [-0.2, -0.15) is 13.2 Å². The van der Waals surface area contributed by atoms with E-state index in [0.29, 0.717) is 10.6 Å². The Morgan fingerprint density at radius 3 is 2.61 bits per heavy atom. The van der Waals surface area contributed by atoms with E-state index in [4.69, 9.17) is 11.6 Å². The van der Waals surface area contributed by atoms with Gasteiger partial charge in [0.25, 0.3) is 5.91 Å². The molecule has 0 radical (unpaired) electrons. The van der Waals surface area contributed by atoms with Gasteiger partial charge in [-0.15, -0.1) is 0 Å². The van der Waals surface area contributed by atoms with Crippen LogP contribution in [0.1, 0.15) is 34.5 Å². The van der Waals surface area contributed by atoms with E-state index in [9.17, 15) is 18.0 Å². The summed E-state index contributed by atoms with van der Waals surface area (Å²) in [5.41, 5.74) is 3.99. The van der Waals surface area contributed by atoms with Crippen LogP contribution in [-0.4, -0.2) is 10.9 Å². The first-order chi connectivity index (χ1) is 10.8. The number of carbonyl (C=O) groups excluding carboxylic acids is 1. The van der Waals surface area contributed by atoms with E-state index >= 15 is 0 Å². The third kappa shape index (κ3) is 4.20. The number of amides is 1. The minimum Gasteiger partial charge on any atom is -0.287 e. The van der Waals surface area contributed by atoms with Gasteiger partial charge in [0.1, 0.15) is 0 Å². The van der Waals surface area contributed by atoms with Gasteiger partial charge in [0, 0.05) is 23.5 Å². The molecule has 1 heterocycles. The number of alkyl halides is 3. The summed E-state index contributed by atoms with van der Waals surface area (Å²) in [4.78, 5) is 15.6. The molecule has 0 aliphatic carbocycles. The summed E-state index contributed by atoms with van der Waals surface area (Å²) in [6.07, 6.45) is -2.77. The van der Waals surface area contributed by atoms with Crippen LogP contribution in [0.5, 0.6) is 0 Å². The van der Waals surface area contributed by atoms with Crippen LogP contribution in [0.4, 0.5) is 13.2 Å². The SMILES string of the molecule is CC(NNC(=O)c1cnccc1C(F)(F)F)c1ccccc1Cl. The van der Waals surface area contributed by atoms with E-state index in [1.807, 2.05) is 0 Å². The van der Waals surface area contributed by atoms with Crippen LogP contribution in [0.3, 0.4) is 0 Å². The van der Waals surface area contributed by atoms with Gasteiger partial charge < -0.3 is 0 Å². The molecule has 1 aromatic heterocycles. The van der Waals surface area contributed by atoms with Crippen molar-refractivity contribution in [3.8, 4) is 0 Å². The monoisotopic (exact) mass is 343 g/mol. The number of carbonyl (C=O) groups is 1. The maximum atomic E-state index is 12.9. The van der Waals surface area contributed by atoms with E-state index in [1.54, 1.807) is 31.2 Å². The molecule has 2 N–H and O–H groups in total. The van der Waals surface area contributed by atoms with E-state index < -0.39 is 29.3 Å². The quantitative estimate of drug-likeness (QED) is 0.831. The van der Waals surface area contributed by atoms with Gasteiger partial charge in [-0.3, -0.25) is 15.2 Å². The molecule has 0 saturated heterocycles. The Bertz CT molecular complexity index is 706. The molecule has 4 nitrogen and oxygen atoms in total. The fraction of sp³-hybridized carbons (Fsp3) is 0.200. The Morgan fingerprint density at radius 1 is 1.26 bits per heavy atom. The smallest absolute Gasteiger partial charge is 0.287 e. The molecule has 0 bridgehead atoms. The van der Waals surface area contributed by atoms with Gasteiger partial charge in [-0.1, -0.05) is 29.8 Å². The number of aromatic nitrogens is 1. The number of halogens is 4. The number of hydrogen-bond donors (Lipinski definition) is 2. The average Bonchev–Trinajstić information content (AvgIpc) is 2.52. The fourth-order valence-corrected chi connectivity index (χ4v) is 2.27. The Morgan fingerprint density at radius 2 is 1.96 bits per heavy atom. The summed E-state index contributed by atoms with van der Waals surface area (Å²) < 4.78 is 38.6. The van der Waals surface area contributed by atoms with Crippen LogP contribution in [-0.2, 0) is 6.18 Å². The zero-order valence-corrected chi connectivity index (χ0v) is 12.7. The van der Waals surface area contributed by atoms with Crippen LogP contribution in [0.15, 0.2) is 42.7 Å². The highest BCUT2D eigenvalue weighted by Crippen LogP contribution is 2.31. The summed E-state index contributed by atoms with van der Waals surface area (Å²) in [7, 11) is 0. The maximum Gasteiger partial charge on any atom is 0.417 e. The summed E-state index contributed by atoms with van der Waals surface area (Å²) in [6.45, 7) is 1.72. The van der Waals surface area contributed by atoms with E-state index in [0.717, 1.165) is 18.5 Å². The van der Waals surface area contributed by atoms with Crippen molar-refractivity contribution in [2.75, 3.05) is 0 Å².